The van der Waals surface area contributed by atoms with Crippen LogP contribution < -0.4 is 0 Å². The second-order valence-electron chi connectivity index (χ2n) is 12.1. The first-order chi connectivity index (χ1) is 20.6. The molecule has 0 aromatic rings. The number of hydrogen-bond donors (Lipinski definition) is 4. The first-order valence-electron chi connectivity index (χ1n) is 16.2. The Bertz CT molecular complexity index is 880. The van der Waals surface area contributed by atoms with Gasteiger partial charge in [0.25, 0.3) is 0 Å². The average molecular weight is 623 g/mol. The average Bonchev–Trinajstić information content (AvgIpc) is 3.75. The molecule has 254 valence electrons. The second kappa shape index (κ2) is 28.7. The van der Waals surface area contributed by atoms with Gasteiger partial charge in [-0.15, -0.1) is 25.0 Å². The van der Waals surface area contributed by atoms with E-state index in [2.05, 4.69) is 25.0 Å². The highest BCUT2D eigenvalue weighted by atomic mass is 16.4. The molecule has 0 aromatic carbocycles. The molecule has 0 amide bonds. The second-order valence-corrected chi connectivity index (χ2v) is 12.1. The summed E-state index contributed by atoms with van der Waals surface area (Å²) in [5.74, 6) is 3.13. The minimum absolute atomic E-state index is 0.0625. The maximum atomic E-state index is 10.7. The molecular weight excluding hydrogens is 560 g/mol. The van der Waals surface area contributed by atoms with E-state index < -0.39 is 23.9 Å². The van der Waals surface area contributed by atoms with Gasteiger partial charge in [-0.1, -0.05) is 78.4 Å². The van der Waals surface area contributed by atoms with Gasteiger partial charge in [-0.2, -0.15) is 0 Å². The Labute approximate surface area is 267 Å². The van der Waals surface area contributed by atoms with Gasteiger partial charge in [0.2, 0.25) is 0 Å². The number of aliphatic carboxylic acids is 4. The fourth-order valence-electron chi connectivity index (χ4n) is 4.48. The molecular formula is C36H62O8. The normalized spacial score (nSPS) is 14.2. The molecule has 1 aliphatic rings. The molecule has 0 bridgehead atoms. The summed E-state index contributed by atoms with van der Waals surface area (Å²) >= 11 is 0. The van der Waals surface area contributed by atoms with E-state index in [4.69, 9.17) is 20.4 Å². The summed E-state index contributed by atoms with van der Waals surface area (Å²) in [5.41, 5.74) is 0.950. The molecule has 0 aromatic heterocycles. The summed E-state index contributed by atoms with van der Waals surface area (Å²) in [6, 6.07) is 0. The van der Waals surface area contributed by atoms with Gasteiger partial charge in [-0.05, 0) is 70.6 Å². The Kier molecular flexibility index (Phi) is 29.6. The van der Waals surface area contributed by atoms with Gasteiger partial charge in [0.1, 0.15) is 0 Å². The largest absolute Gasteiger partial charge is 0.481 e. The Balaban J connectivity index is -0.000000509. The maximum Gasteiger partial charge on any atom is 0.307 e. The van der Waals surface area contributed by atoms with Gasteiger partial charge in [-0.3, -0.25) is 19.2 Å². The molecule has 4 atom stereocenters. The molecule has 8 heteroatoms. The predicted octanol–water partition coefficient (Wildman–Crippen LogP) is 8.95. The molecule has 0 spiro atoms. The molecule has 1 rings (SSSR count). The molecule has 4 N–H and O–H groups in total. The first kappa shape index (κ1) is 45.4. The van der Waals surface area contributed by atoms with Crippen molar-refractivity contribution in [3.05, 3.63) is 24.8 Å². The fraction of sp³-hybridized carbons (Fsp3) is 0.722. The summed E-state index contributed by atoms with van der Waals surface area (Å²) in [5, 5.41) is 34.9. The number of carbonyl (C=O) groups is 4. The molecule has 0 saturated heterocycles. The third kappa shape index (κ3) is 29.0. The molecule has 1 fully saturated rings. The molecule has 1 saturated carbocycles. The summed E-state index contributed by atoms with van der Waals surface area (Å²) in [4.78, 5) is 42.3. The topological polar surface area (TPSA) is 149 Å². The number of carboxylic acids is 4. The minimum Gasteiger partial charge on any atom is -0.481 e. The zero-order valence-corrected chi connectivity index (χ0v) is 28.6. The van der Waals surface area contributed by atoms with Crippen LogP contribution in [-0.4, -0.2) is 44.3 Å². The SMILES string of the molecule is C=C(C)CC(CCC)C(=O)O.C=CCC(CC(C)C)C(=O)O.CC#CCC(CCC)C(=O)O.CCCC(CC1CC1)C(=O)O. The van der Waals surface area contributed by atoms with E-state index >= 15 is 0 Å². The lowest BCUT2D eigenvalue weighted by Gasteiger charge is -2.11. The van der Waals surface area contributed by atoms with Gasteiger partial charge in [0.05, 0.1) is 23.7 Å². The van der Waals surface area contributed by atoms with E-state index in [1.54, 1.807) is 13.0 Å². The van der Waals surface area contributed by atoms with Crippen molar-refractivity contribution in [2.75, 3.05) is 0 Å². The van der Waals surface area contributed by atoms with E-state index in [9.17, 15) is 19.2 Å². The smallest absolute Gasteiger partial charge is 0.307 e. The van der Waals surface area contributed by atoms with Gasteiger partial charge >= 0.3 is 23.9 Å². The monoisotopic (exact) mass is 622 g/mol. The lowest BCUT2D eigenvalue weighted by atomic mass is 9.94. The summed E-state index contributed by atoms with van der Waals surface area (Å²) < 4.78 is 0. The lowest BCUT2D eigenvalue weighted by Crippen LogP contribution is -2.14. The van der Waals surface area contributed by atoms with Gasteiger partial charge in [-0.25, -0.2) is 0 Å². The van der Waals surface area contributed by atoms with Gasteiger partial charge in [0, 0.05) is 6.42 Å². The van der Waals surface area contributed by atoms with Gasteiger partial charge in [0.15, 0.2) is 0 Å². The first-order valence-corrected chi connectivity index (χ1v) is 16.2. The number of hydrogen-bond acceptors (Lipinski definition) is 4. The third-order valence-electron chi connectivity index (χ3n) is 6.95. The van der Waals surface area contributed by atoms with Crippen molar-refractivity contribution in [3.63, 3.8) is 0 Å². The molecule has 0 radical (unpaired) electrons. The van der Waals surface area contributed by atoms with Crippen molar-refractivity contribution in [3.8, 4) is 11.8 Å². The highest BCUT2D eigenvalue weighted by Gasteiger charge is 2.28. The van der Waals surface area contributed by atoms with E-state index in [0.717, 1.165) is 62.9 Å². The number of rotatable bonds is 19. The van der Waals surface area contributed by atoms with Crippen LogP contribution in [0, 0.1) is 47.3 Å². The van der Waals surface area contributed by atoms with Crippen molar-refractivity contribution < 1.29 is 39.6 Å². The van der Waals surface area contributed by atoms with E-state index in [1.807, 2.05) is 41.5 Å². The fourth-order valence-corrected chi connectivity index (χ4v) is 4.48. The Morgan fingerprint density at radius 1 is 0.795 bits per heavy atom. The maximum absolute atomic E-state index is 10.7. The van der Waals surface area contributed by atoms with Crippen molar-refractivity contribution in [1.82, 2.24) is 0 Å². The summed E-state index contributed by atoms with van der Waals surface area (Å²) in [6.45, 7) is 20.9. The quantitative estimate of drug-likeness (QED) is 0.0823. The molecule has 1 aliphatic carbocycles. The standard InChI is InChI=1S/3C9H16O2.C9H14O2/c1-2-3-8(9(10)11)6-7-4-5-7;2*1-4-5-8(9(10)11)6-7(2)3;1-3-5-7-8(6-4-2)9(10)11/h7-8H,2-6H2,1H3,(H,10,11);8H,2,4-6H2,1,3H3,(H,10,11);4,7-8H,1,5-6H2,2-3H3,(H,10,11);8H,4,6-7H2,1-2H3,(H,10,11). The van der Waals surface area contributed by atoms with Gasteiger partial charge < -0.3 is 20.4 Å². The summed E-state index contributed by atoms with van der Waals surface area (Å²) in [6.07, 6.45) is 12.7. The zero-order chi connectivity index (χ0) is 34.7. The number of allylic oxidation sites excluding steroid dienone is 2. The van der Waals surface area contributed by atoms with Crippen LogP contribution in [0.5, 0.6) is 0 Å². The van der Waals surface area contributed by atoms with Crippen LogP contribution in [0.25, 0.3) is 0 Å². The third-order valence-corrected chi connectivity index (χ3v) is 6.95. The van der Waals surface area contributed by atoms with Crippen LogP contribution in [0.1, 0.15) is 132 Å². The summed E-state index contributed by atoms with van der Waals surface area (Å²) in [7, 11) is 0. The van der Waals surface area contributed by atoms with Crippen LogP contribution in [0.15, 0.2) is 24.8 Å². The van der Waals surface area contributed by atoms with Crippen LogP contribution in [-0.2, 0) is 19.2 Å². The molecule has 0 aliphatic heterocycles. The van der Waals surface area contributed by atoms with Crippen molar-refractivity contribution in [1.29, 1.82) is 0 Å². The Morgan fingerprint density at radius 2 is 1.23 bits per heavy atom. The van der Waals surface area contributed by atoms with Crippen molar-refractivity contribution >= 4 is 23.9 Å². The van der Waals surface area contributed by atoms with Crippen LogP contribution in [0.2, 0.25) is 0 Å². The molecule has 4 unspecified atom stereocenters. The van der Waals surface area contributed by atoms with Crippen LogP contribution >= 0.6 is 0 Å². The van der Waals surface area contributed by atoms with Crippen LogP contribution in [0.4, 0.5) is 0 Å². The Morgan fingerprint density at radius 3 is 1.55 bits per heavy atom. The van der Waals surface area contributed by atoms with E-state index in [0.29, 0.717) is 25.2 Å². The highest BCUT2D eigenvalue weighted by Crippen LogP contribution is 2.36. The molecule has 8 nitrogen and oxygen atoms in total. The minimum atomic E-state index is -0.727. The Hall–Kier alpha value is -3.08. The predicted molar refractivity (Wildman–Crippen MR) is 178 cm³/mol. The molecule has 44 heavy (non-hydrogen) atoms. The van der Waals surface area contributed by atoms with Crippen molar-refractivity contribution in [2.24, 2.45) is 35.5 Å². The lowest BCUT2D eigenvalue weighted by molar-refractivity contribution is -0.143. The van der Waals surface area contributed by atoms with E-state index in [-0.39, 0.29) is 23.7 Å². The van der Waals surface area contributed by atoms with Crippen LogP contribution in [0.3, 0.4) is 0 Å². The molecule has 0 heterocycles. The van der Waals surface area contributed by atoms with E-state index in [1.165, 1.54) is 12.8 Å². The highest BCUT2D eigenvalue weighted by molar-refractivity contribution is 5.71. The zero-order valence-electron chi connectivity index (χ0n) is 28.6. The number of carboxylic acid groups (broad SMARTS) is 4. The van der Waals surface area contributed by atoms with Crippen molar-refractivity contribution in [2.45, 2.75) is 132 Å².